The molecule has 16 heavy (non-hydrogen) atoms. The average molecular weight is 227 g/mol. The van der Waals surface area contributed by atoms with Crippen LogP contribution in [0.3, 0.4) is 0 Å². The third-order valence-corrected chi connectivity index (χ3v) is 2.11. The van der Waals surface area contributed by atoms with Crippen molar-refractivity contribution in [2.24, 2.45) is 0 Å². The molecule has 0 bridgehead atoms. The van der Waals surface area contributed by atoms with E-state index in [-0.39, 0.29) is 11.3 Å². The number of esters is 1. The number of aromatic hydroxyl groups is 1. The second-order valence-electron chi connectivity index (χ2n) is 3.23. The summed E-state index contributed by atoms with van der Waals surface area (Å²) in [5.41, 5.74) is 5.72. The predicted molar refractivity (Wildman–Crippen MR) is 55.5 cm³/mol. The van der Waals surface area contributed by atoms with Crippen LogP contribution >= 0.6 is 0 Å². The Labute approximate surface area is 91.9 Å². The molecule has 0 aromatic heterocycles. The summed E-state index contributed by atoms with van der Waals surface area (Å²) in [6.07, 6.45) is -3.35. The number of anilines is 1. The highest BCUT2D eigenvalue weighted by atomic mass is 16.5. The van der Waals surface area contributed by atoms with Gasteiger partial charge in [-0.25, -0.2) is 4.79 Å². The zero-order valence-corrected chi connectivity index (χ0v) is 8.62. The maximum atomic E-state index is 11.0. The number of hydrogen-bond donors (Lipinski definition) is 4. The maximum absolute atomic E-state index is 11.0. The minimum atomic E-state index is -1.77. The Hall–Kier alpha value is -1.79. The number of carbonyl (C=O) groups is 1. The SMILES string of the molecule is COC(=O)C(O)C(O)c1cc(N)ccc1O. The van der Waals surface area contributed by atoms with Gasteiger partial charge in [-0.15, -0.1) is 0 Å². The van der Waals surface area contributed by atoms with Crippen molar-refractivity contribution in [1.82, 2.24) is 0 Å². The van der Waals surface area contributed by atoms with Gasteiger partial charge in [0.1, 0.15) is 11.9 Å². The van der Waals surface area contributed by atoms with Gasteiger partial charge in [0, 0.05) is 11.3 Å². The van der Waals surface area contributed by atoms with Gasteiger partial charge in [0.05, 0.1) is 7.11 Å². The van der Waals surface area contributed by atoms with Crippen LogP contribution in [0, 0.1) is 0 Å². The molecule has 5 N–H and O–H groups in total. The highest BCUT2D eigenvalue weighted by molar-refractivity contribution is 5.75. The summed E-state index contributed by atoms with van der Waals surface area (Å²) in [6, 6.07) is 3.96. The summed E-state index contributed by atoms with van der Waals surface area (Å²) in [6.45, 7) is 0. The molecule has 1 aromatic carbocycles. The van der Waals surface area contributed by atoms with E-state index in [0.29, 0.717) is 5.69 Å². The van der Waals surface area contributed by atoms with E-state index in [1.165, 1.54) is 18.2 Å². The van der Waals surface area contributed by atoms with Gasteiger partial charge in [-0.2, -0.15) is 0 Å². The van der Waals surface area contributed by atoms with Crippen LogP contribution in [0.4, 0.5) is 5.69 Å². The van der Waals surface area contributed by atoms with E-state index in [1.807, 2.05) is 0 Å². The number of benzene rings is 1. The molecule has 0 amide bonds. The summed E-state index contributed by atoms with van der Waals surface area (Å²) in [7, 11) is 1.08. The van der Waals surface area contributed by atoms with Crippen LogP contribution in [0.25, 0.3) is 0 Å². The van der Waals surface area contributed by atoms with Gasteiger partial charge in [0.25, 0.3) is 0 Å². The normalized spacial score (nSPS) is 14.2. The fourth-order valence-corrected chi connectivity index (χ4v) is 1.23. The van der Waals surface area contributed by atoms with Crippen molar-refractivity contribution in [3.8, 4) is 5.75 Å². The number of phenols is 1. The topological polar surface area (TPSA) is 113 Å². The molecule has 1 aromatic rings. The molecule has 2 atom stereocenters. The summed E-state index contributed by atoms with van der Waals surface area (Å²) < 4.78 is 4.26. The van der Waals surface area contributed by atoms with Crippen molar-refractivity contribution in [2.45, 2.75) is 12.2 Å². The Bertz CT molecular complexity index is 393. The molecule has 6 heteroatoms. The summed E-state index contributed by atoms with van der Waals surface area (Å²) >= 11 is 0. The monoisotopic (exact) mass is 227 g/mol. The minimum Gasteiger partial charge on any atom is -0.508 e. The van der Waals surface area contributed by atoms with Gasteiger partial charge >= 0.3 is 5.97 Å². The first-order chi connectivity index (χ1) is 7.47. The third kappa shape index (κ3) is 2.41. The van der Waals surface area contributed by atoms with Gasteiger partial charge in [-0.3, -0.25) is 0 Å². The quantitative estimate of drug-likeness (QED) is 0.316. The van der Waals surface area contributed by atoms with Crippen LogP contribution in [0.2, 0.25) is 0 Å². The largest absolute Gasteiger partial charge is 0.508 e. The number of ether oxygens (including phenoxy) is 1. The molecule has 2 unspecified atom stereocenters. The van der Waals surface area contributed by atoms with E-state index in [9.17, 15) is 20.1 Å². The molecule has 0 saturated heterocycles. The zero-order valence-electron chi connectivity index (χ0n) is 8.62. The van der Waals surface area contributed by atoms with E-state index in [1.54, 1.807) is 0 Å². The molecule has 0 heterocycles. The fourth-order valence-electron chi connectivity index (χ4n) is 1.23. The van der Waals surface area contributed by atoms with Crippen LogP contribution < -0.4 is 5.73 Å². The molecular weight excluding hydrogens is 214 g/mol. The van der Waals surface area contributed by atoms with Crippen molar-refractivity contribution in [3.05, 3.63) is 23.8 Å². The fraction of sp³-hybridized carbons (Fsp3) is 0.300. The van der Waals surface area contributed by atoms with E-state index < -0.39 is 18.2 Å². The Morgan fingerprint density at radius 3 is 2.62 bits per heavy atom. The molecule has 1 rings (SSSR count). The zero-order chi connectivity index (χ0) is 12.3. The number of methoxy groups -OCH3 is 1. The van der Waals surface area contributed by atoms with Crippen LogP contribution in [0.5, 0.6) is 5.75 Å². The van der Waals surface area contributed by atoms with E-state index in [0.717, 1.165) is 7.11 Å². The molecule has 88 valence electrons. The lowest BCUT2D eigenvalue weighted by atomic mass is 10.0. The molecule has 6 nitrogen and oxygen atoms in total. The van der Waals surface area contributed by atoms with Crippen LogP contribution in [0.1, 0.15) is 11.7 Å². The lowest BCUT2D eigenvalue weighted by Crippen LogP contribution is -2.29. The van der Waals surface area contributed by atoms with Crippen molar-refractivity contribution in [3.63, 3.8) is 0 Å². The maximum Gasteiger partial charge on any atom is 0.337 e. The Morgan fingerprint density at radius 2 is 2.06 bits per heavy atom. The van der Waals surface area contributed by atoms with Crippen molar-refractivity contribution >= 4 is 11.7 Å². The lowest BCUT2D eigenvalue weighted by molar-refractivity contribution is -0.156. The average Bonchev–Trinajstić information content (AvgIpc) is 2.29. The molecule has 0 spiro atoms. The number of carbonyl (C=O) groups excluding carboxylic acids is 1. The van der Waals surface area contributed by atoms with Crippen LogP contribution in [-0.4, -0.2) is 34.5 Å². The first-order valence-corrected chi connectivity index (χ1v) is 4.49. The molecule has 0 radical (unpaired) electrons. The highest BCUT2D eigenvalue weighted by Crippen LogP contribution is 2.28. The number of hydrogen-bond acceptors (Lipinski definition) is 6. The first-order valence-electron chi connectivity index (χ1n) is 4.49. The molecule has 0 aliphatic rings. The summed E-state index contributed by atoms with van der Waals surface area (Å²) in [5, 5.41) is 28.4. The number of nitrogens with two attached hydrogens (primary N) is 1. The molecule has 0 fully saturated rings. The first kappa shape index (κ1) is 12.3. The molecule has 0 aliphatic heterocycles. The predicted octanol–water partition coefficient (Wildman–Crippen LogP) is -0.458. The standard InChI is InChI=1S/C10H13NO5/c1-16-10(15)9(14)8(13)6-4-5(11)2-3-7(6)12/h2-4,8-9,12-14H,11H2,1H3. The van der Waals surface area contributed by atoms with E-state index in [4.69, 9.17) is 5.73 Å². The Morgan fingerprint density at radius 1 is 1.44 bits per heavy atom. The van der Waals surface area contributed by atoms with Gasteiger partial charge < -0.3 is 25.8 Å². The van der Waals surface area contributed by atoms with Gasteiger partial charge in [0.2, 0.25) is 0 Å². The van der Waals surface area contributed by atoms with Crippen molar-refractivity contribution in [2.75, 3.05) is 12.8 Å². The number of aliphatic hydroxyl groups excluding tert-OH is 2. The minimum absolute atomic E-state index is 0.0297. The number of nitrogen functional groups attached to an aromatic ring is 1. The van der Waals surface area contributed by atoms with Crippen LogP contribution in [0.15, 0.2) is 18.2 Å². The van der Waals surface area contributed by atoms with E-state index >= 15 is 0 Å². The van der Waals surface area contributed by atoms with Crippen molar-refractivity contribution in [1.29, 1.82) is 0 Å². The molecule has 0 aliphatic carbocycles. The molecule has 0 saturated carbocycles. The second-order valence-corrected chi connectivity index (χ2v) is 3.23. The number of phenolic OH excluding ortho intramolecular Hbond substituents is 1. The number of aliphatic hydroxyl groups is 2. The lowest BCUT2D eigenvalue weighted by Gasteiger charge is -2.17. The molecular formula is C10H13NO5. The Balaban J connectivity index is 2.99. The second kappa shape index (κ2) is 4.82. The van der Waals surface area contributed by atoms with Gasteiger partial charge in [0.15, 0.2) is 6.10 Å². The van der Waals surface area contributed by atoms with E-state index in [2.05, 4.69) is 4.74 Å². The number of rotatable bonds is 3. The Kier molecular flexibility index (Phi) is 3.70. The highest BCUT2D eigenvalue weighted by Gasteiger charge is 2.28. The summed E-state index contributed by atoms with van der Waals surface area (Å²) in [5.74, 6) is -1.25. The van der Waals surface area contributed by atoms with Gasteiger partial charge in [-0.05, 0) is 18.2 Å². The van der Waals surface area contributed by atoms with Crippen LogP contribution in [-0.2, 0) is 9.53 Å². The third-order valence-electron chi connectivity index (χ3n) is 2.11. The smallest absolute Gasteiger partial charge is 0.337 e. The van der Waals surface area contributed by atoms with Gasteiger partial charge in [-0.1, -0.05) is 0 Å². The van der Waals surface area contributed by atoms with Crippen molar-refractivity contribution < 1.29 is 24.9 Å². The summed E-state index contributed by atoms with van der Waals surface area (Å²) in [4.78, 5) is 11.0.